The highest BCUT2D eigenvalue weighted by Gasteiger charge is 2.32. The molecule has 3 aromatic heterocycles. The zero-order chi connectivity index (χ0) is 26.5. The maximum atomic E-state index is 13.7. The van der Waals surface area contributed by atoms with Gasteiger partial charge in [0.2, 0.25) is 0 Å². The van der Waals surface area contributed by atoms with Crippen LogP contribution in [0, 0.1) is 0 Å². The molecule has 4 heterocycles. The van der Waals surface area contributed by atoms with Crippen molar-refractivity contribution in [2.45, 2.75) is 13.8 Å². The van der Waals surface area contributed by atoms with Crippen molar-refractivity contribution in [1.82, 2.24) is 14.6 Å². The maximum Gasteiger partial charge on any atom is 0.341 e. The number of aromatic nitrogens is 3. The van der Waals surface area contributed by atoms with Crippen LogP contribution in [0.3, 0.4) is 0 Å². The van der Waals surface area contributed by atoms with Crippen LogP contribution in [0.25, 0.3) is 28.0 Å². The molecular formula is C29H31N4O4P. The van der Waals surface area contributed by atoms with Gasteiger partial charge in [-0.25, -0.2) is 9.31 Å². The fourth-order valence-electron chi connectivity index (χ4n) is 4.76. The Morgan fingerprint density at radius 2 is 1.74 bits per heavy atom. The summed E-state index contributed by atoms with van der Waals surface area (Å²) in [5.74, 6) is 0.391. The first-order valence-electron chi connectivity index (χ1n) is 12.8. The monoisotopic (exact) mass is 530 g/mol. The molecule has 1 saturated heterocycles. The Labute approximate surface area is 224 Å². The molecule has 0 amide bonds. The molecule has 0 unspecified atom stereocenters. The molecule has 0 saturated carbocycles. The number of pyridine rings is 1. The second kappa shape index (κ2) is 11.9. The molecule has 4 aromatic rings. The Morgan fingerprint density at radius 3 is 2.39 bits per heavy atom. The minimum atomic E-state index is -0.416. The average Bonchev–Trinajstić information content (AvgIpc) is 3.32. The summed E-state index contributed by atoms with van der Waals surface area (Å²) in [5, 5.41) is 5.13. The first-order valence-corrected chi connectivity index (χ1v) is 14.2. The van der Waals surface area contributed by atoms with Crippen LogP contribution in [-0.4, -0.2) is 72.2 Å². The Hall–Kier alpha value is -3.58. The molecule has 0 bridgehead atoms. The second-order valence-electron chi connectivity index (χ2n) is 8.64. The van der Waals surface area contributed by atoms with Gasteiger partial charge in [0.25, 0.3) is 0 Å². The van der Waals surface area contributed by atoms with Crippen LogP contribution in [0.2, 0.25) is 0 Å². The smallest absolute Gasteiger partial charge is 0.341 e. The van der Waals surface area contributed by atoms with Crippen LogP contribution in [0.1, 0.15) is 29.8 Å². The van der Waals surface area contributed by atoms with Crippen molar-refractivity contribution in [3.8, 4) is 22.5 Å². The van der Waals surface area contributed by atoms with Gasteiger partial charge in [-0.3, -0.25) is 4.98 Å². The van der Waals surface area contributed by atoms with E-state index in [0.29, 0.717) is 53.3 Å². The lowest BCUT2D eigenvalue weighted by molar-refractivity contribution is 0.0528. The van der Waals surface area contributed by atoms with E-state index in [1.54, 1.807) is 6.20 Å². The number of anilines is 1. The quantitative estimate of drug-likeness (QED) is 0.230. The highest BCUT2D eigenvalue weighted by atomic mass is 31.1. The topological polar surface area (TPSA) is 78.2 Å². The summed E-state index contributed by atoms with van der Waals surface area (Å²) < 4.78 is 19.2. The maximum absolute atomic E-state index is 13.7. The van der Waals surface area contributed by atoms with Gasteiger partial charge in [-0.1, -0.05) is 44.6 Å². The minimum absolute atomic E-state index is 0.252. The van der Waals surface area contributed by atoms with Crippen molar-refractivity contribution in [3.63, 3.8) is 0 Å². The number of benzene rings is 1. The molecule has 0 atom stereocenters. The number of fused-ring (bicyclic) bond motifs is 1. The molecule has 5 rings (SSSR count). The SMILES string of the molecule is CCOC(=O)c1c(C(OCC)=PC)c(-c2ccccn2)n2nc(N3CCOCC3)cc(-c3ccccc3)c12. The number of carbonyl (C=O) groups is 1. The van der Waals surface area contributed by atoms with Crippen LogP contribution < -0.4 is 4.90 Å². The summed E-state index contributed by atoms with van der Waals surface area (Å²) in [7, 11) is 0.876. The van der Waals surface area contributed by atoms with E-state index in [-0.39, 0.29) is 6.61 Å². The van der Waals surface area contributed by atoms with Gasteiger partial charge in [-0.15, -0.1) is 5.10 Å². The fourth-order valence-corrected chi connectivity index (χ4v) is 5.46. The molecule has 0 N–H and O–H groups in total. The Morgan fingerprint density at radius 1 is 1.00 bits per heavy atom. The van der Waals surface area contributed by atoms with Gasteiger partial charge in [0.15, 0.2) is 0 Å². The molecule has 0 spiro atoms. The van der Waals surface area contributed by atoms with Crippen molar-refractivity contribution >= 4 is 31.0 Å². The molecule has 9 heteroatoms. The number of esters is 1. The summed E-state index contributed by atoms with van der Waals surface area (Å²) in [6.45, 7) is 9.19. The van der Waals surface area contributed by atoms with Crippen LogP contribution in [0.5, 0.6) is 0 Å². The van der Waals surface area contributed by atoms with Gasteiger partial charge in [0.1, 0.15) is 17.0 Å². The summed E-state index contributed by atoms with van der Waals surface area (Å²) in [6, 6.07) is 17.9. The first kappa shape index (κ1) is 26.0. The molecule has 38 heavy (non-hydrogen) atoms. The van der Waals surface area contributed by atoms with Crippen LogP contribution in [0.15, 0.2) is 60.8 Å². The van der Waals surface area contributed by atoms with E-state index in [9.17, 15) is 4.79 Å². The standard InChI is InChI=1S/C29H31N4O4P/c1-4-36-28(34)24-25(29(38-3)37-5-2)27(22-13-9-10-14-30-22)33-26(24)21(20-11-7-6-8-12-20)19-23(31-33)32-15-17-35-18-16-32/h6-14,19H,4-5,15-18H2,1-3H3. The molecule has 0 radical (unpaired) electrons. The van der Waals surface area contributed by atoms with E-state index < -0.39 is 5.97 Å². The highest BCUT2D eigenvalue weighted by Crippen LogP contribution is 2.39. The van der Waals surface area contributed by atoms with Crippen molar-refractivity contribution in [2.24, 2.45) is 0 Å². The van der Waals surface area contributed by atoms with Crippen LogP contribution in [0.4, 0.5) is 5.82 Å². The van der Waals surface area contributed by atoms with Gasteiger partial charge >= 0.3 is 5.97 Å². The van der Waals surface area contributed by atoms with Crippen molar-refractivity contribution < 1.29 is 19.0 Å². The summed E-state index contributed by atoms with van der Waals surface area (Å²) in [5.41, 5.74) is 5.70. The number of carbonyl (C=O) groups excluding carboxylic acids is 1. The first-order chi connectivity index (χ1) is 18.7. The number of morpholine rings is 1. The molecular weight excluding hydrogens is 499 g/mol. The van der Waals surface area contributed by atoms with E-state index in [4.69, 9.17) is 19.3 Å². The predicted molar refractivity (Wildman–Crippen MR) is 151 cm³/mol. The number of ether oxygens (including phenoxy) is 3. The van der Waals surface area contributed by atoms with Crippen molar-refractivity contribution in [1.29, 1.82) is 0 Å². The third-order valence-corrected chi connectivity index (χ3v) is 7.14. The fraction of sp³-hybridized carbons (Fsp3) is 0.310. The molecule has 1 aromatic carbocycles. The predicted octanol–water partition coefficient (Wildman–Crippen LogP) is 5.17. The largest absolute Gasteiger partial charge is 0.462 e. The third kappa shape index (κ3) is 4.95. The lowest BCUT2D eigenvalue weighted by atomic mass is 10.0. The van der Waals surface area contributed by atoms with E-state index in [0.717, 1.165) is 38.2 Å². The zero-order valence-electron chi connectivity index (χ0n) is 21.9. The zero-order valence-corrected chi connectivity index (χ0v) is 22.8. The minimum Gasteiger partial charge on any atom is -0.462 e. The van der Waals surface area contributed by atoms with Crippen LogP contribution in [-0.2, 0) is 14.2 Å². The molecule has 1 aliphatic rings. The molecule has 1 aliphatic heterocycles. The Balaban J connectivity index is 1.96. The van der Waals surface area contributed by atoms with Gasteiger partial charge in [0.05, 0.1) is 48.8 Å². The van der Waals surface area contributed by atoms with Crippen molar-refractivity contribution in [3.05, 3.63) is 71.9 Å². The summed E-state index contributed by atoms with van der Waals surface area (Å²) in [6.07, 6.45) is 1.75. The van der Waals surface area contributed by atoms with E-state index >= 15 is 0 Å². The van der Waals surface area contributed by atoms with Gasteiger partial charge in [0, 0.05) is 24.8 Å². The van der Waals surface area contributed by atoms with E-state index in [1.165, 1.54) is 0 Å². The normalized spacial score (nSPS) is 14.2. The van der Waals surface area contributed by atoms with Gasteiger partial charge in [-0.05, 0) is 44.3 Å². The third-order valence-electron chi connectivity index (χ3n) is 6.38. The van der Waals surface area contributed by atoms with Gasteiger partial charge in [-0.2, -0.15) is 0 Å². The highest BCUT2D eigenvalue weighted by molar-refractivity contribution is 7.40. The lowest BCUT2D eigenvalue weighted by Gasteiger charge is -2.28. The average molecular weight is 531 g/mol. The summed E-state index contributed by atoms with van der Waals surface area (Å²) >= 11 is 0. The molecule has 1 fully saturated rings. The molecule has 196 valence electrons. The Kier molecular flexibility index (Phi) is 8.13. The molecule has 8 nitrogen and oxygen atoms in total. The molecule has 0 aliphatic carbocycles. The number of nitrogens with zero attached hydrogens (tertiary/aromatic N) is 4. The Bertz CT molecular complexity index is 1450. The number of rotatable bonds is 8. The van der Waals surface area contributed by atoms with Crippen molar-refractivity contribution in [2.75, 3.05) is 51.1 Å². The lowest BCUT2D eigenvalue weighted by Crippen LogP contribution is -2.37. The number of hydrogen-bond donors (Lipinski definition) is 0. The van der Waals surface area contributed by atoms with E-state index in [1.807, 2.05) is 73.6 Å². The second-order valence-corrected chi connectivity index (χ2v) is 9.49. The summed E-state index contributed by atoms with van der Waals surface area (Å²) in [4.78, 5) is 20.6. The van der Waals surface area contributed by atoms with Crippen LogP contribution >= 0.6 is 8.20 Å². The van der Waals surface area contributed by atoms with E-state index in [2.05, 4.69) is 16.0 Å². The van der Waals surface area contributed by atoms with Gasteiger partial charge < -0.3 is 19.1 Å². The number of hydrogen-bond acceptors (Lipinski definition) is 7.